The summed E-state index contributed by atoms with van der Waals surface area (Å²) in [6.07, 6.45) is 1.29. The minimum Gasteiger partial charge on any atom is -0.490 e. The smallest absolute Gasteiger partial charge is 0.128 e. The van der Waals surface area contributed by atoms with Gasteiger partial charge in [0.2, 0.25) is 0 Å². The predicted molar refractivity (Wildman–Crippen MR) is 92.4 cm³/mol. The lowest BCUT2D eigenvalue weighted by Crippen LogP contribution is -2.11. The molecule has 2 rings (SSSR count). The second-order valence-corrected chi connectivity index (χ2v) is 5.75. The van der Waals surface area contributed by atoms with E-state index in [1.165, 1.54) is 11.8 Å². The number of para-hydroxylation sites is 1. The number of benzene rings is 2. The number of hydrogen-bond donors (Lipinski definition) is 1. The van der Waals surface area contributed by atoms with E-state index in [0.29, 0.717) is 35.5 Å². The highest BCUT2D eigenvalue weighted by atomic mass is 35.5. The van der Waals surface area contributed by atoms with Crippen LogP contribution >= 0.6 is 11.6 Å². The van der Waals surface area contributed by atoms with E-state index in [1.807, 2.05) is 18.2 Å². The number of oxime groups is 1. The molecule has 0 spiro atoms. The highest BCUT2D eigenvalue weighted by Gasteiger charge is 2.07. The molecule has 0 atom stereocenters. The third-order valence-corrected chi connectivity index (χ3v) is 3.54. The fraction of sp³-hybridized carbons (Fsp3) is 0.278. The molecule has 0 fully saturated rings. The molecule has 122 valence electrons. The van der Waals surface area contributed by atoms with Gasteiger partial charge in [-0.05, 0) is 35.7 Å². The van der Waals surface area contributed by atoms with E-state index < -0.39 is 0 Å². The zero-order valence-electron chi connectivity index (χ0n) is 13.2. The van der Waals surface area contributed by atoms with Crippen LogP contribution in [0.15, 0.2) is 47.6 Å². The Hall–Kier alpha value is -2.20. The largest absolute Gasteiger partial charge is 0.490 e. The van der Waals surface area contributed by atoms with Crippen LogP contribution in [0.4, 0.5) is 0 Å². The van der Waals surface area contributed by atoms with Gasteiger partial charge in [0.25, 0.3) is 0 Å². The molecule has 2 aromatic carbocycles. The topological polar surface area (TPSA) is 51.0 Å². The Morgan fingerprint density at radius 1 is 1.09 bits per heavy atom. The summed E-state index contributed by atoms with van der Waals surface area (Å²) in [5, 5.41) is 12.3. The quantitative estimate of drug-likeness (QED) is 0.345. The molecule has 0 saturated heterocycles. The fourth-order valence-electron chi connectivity index (χ4n) is 2.21. The molecule has 0 radical (unpaired) electrons. The first-order valence-electron chi connectivity index (χ1n) is 7.43. The molecule has 4 nitrogen and oxygen atoms in total. The lowest BCUT2D eigenvalue weighted by atomic mass is 10.0. The summed E-state index contributed by atoms with van der Waals surface area (Å²) in [7, 11) is 0. The van der Waals surface area contributed by atoms with Gasteiger partial charge in [0.05, 0.1) is 6.21 Å². The SMILES string of the molecule is CC(C)c1ccccc1OCCOc1ccc(Cl)cc1C=NO. The molecule has 0 heterocycles. The third kappa shape index (κ3) is 4.89. The Morgan fingerprint density at radius 2 is 1.78 bits per heavy atom. The first kappa shape index (κ1) is 17.2. The van der Waals surface area contributed by atoms with E-state index in [4.69, 9.17) is 26.3 Å². The maximum atomic E-state index is 8.68. The Balaban J connectivity index is 1.94. The number of hydrogen-bond acceptors (Lipinski definition) is 4. The summed E-state index contributed by atoms with van der Waals surface area (Å²) in [5.41, 5.74) is 1.79. The lowest BCUT2D eigenvalue weighted by molar-refractivity contribution is 0.215. The van der Waals surface area contributed by atoms with Crippen molar-refractivity contribution in [1.82, 2.24) is 0 Å². The van der Waals surface area contributed by atoms with Crippen LogP contribution in [0.2, 0.25) is 5.02 Å². The van der Waals surface area contributed by atoms with Crippen LogP contribution in [0.5, 0.6) is 11.5 Å². The summed E-state index contributed by atoms with van der Waals surface area (Å²) in [6.45, 7) is 5.06. The van der Waals surface area contributed by atoms with Crippen molar-refractivity contribution >= 4 is 17.8 Å². The number of halogens is 1. The van der Waals surface area contributed by atoms with E-state index in [1.54, 1.807) is 18.2 Å². The number of ether oxygens (including phenoxy) is 2. The van der Waals surface area contributed by atoms with Gasteiger partial charge in [-0.25, -0.2) is 0 Å². The molecule has 5 heteroatoms. The standard InChI is InChI=1S/C18H20ClNO3/c1-13(2)16-5-3-4-6-18(16)23-10-9-22-17-8-7-15(19)11-14(17)12-20-21/h3-8,11-13,21H,9-10H2,1-2H3. The summed E-state index contributed by atoms with van der Waals surface area (Å²) >= 11 is 5.92. The predicted octanol–water partition coefficient (Wildman–Crippen LogP) is 4.73. The monoisotopic (exact) mass is 333 g/mol. The molecular weight excluding hydrogens is 314 g/mol. The van der Waals surface area contributed by atoms with E-state index in [0.717, 1.165) is 5.75 Å². The van der Waals surface area contributed by atoms with Crippen LogP contribution in [0.1, 0.15) is 30.9 Å². The molecule has 0 saturated carbocycles. The van der Waals surface area contributed by atoms with Crippen molar-refractivity contribution in [3.05, 3.63) is 58.6 Å². The van der Waals surface area contributed by atoms with Crippen molar-refractivity contribution in [3.8, 4) is 11.5 Å². The van der Waals surface area contributed by atoms with Gasteiger partial charge in [0.15, 0.2) is 0 Å². The van der Waals surface area contributed by atoms with Gasteiger partial charge in [0.1, 0.15) is 24.7 Å². The van der Waals surface area contributed by atoms with Crippen molar-refractivity contribution in [2.75, 3.05) is 13.2 Å². The Bertz CT molecular complexity index is 671. The van der Waals surface area contributed by atoms with E-state index in [9.17, 15) is 0 Å². The minimum atomic E-state index is 0.375. The van der Waals surface area contributed by atoms with Crippen molar-refractivity contribution in [2.45, 2.75) is 19.8 Å². The van der Waals surface area contributed by atoms with Crippen molar-refractivity contribution < 1.29 is 14.7 Å². The molecule has 0 unspecified atom stereocenters. The van der Waals surface area contributed by atoms with Gasteiger partial charge in [-0.1, -0.05) is 48.8 Å². The minimum absolute atomic E-state index is 0.375. The van der Waals surface area contributed by atoms with Crippen LogP contribution < -0.4 is 9.47 Å². The van der Waals surface area contributed by atoms with Crippen LogP contribution in [0.25, 0.3) is 0 Å². The van der Waals surface area contributed by atoms with Crippen molar-refractivity contribution in [1.29, 1.82) is 0 Å². The molecule has 2 aromatic rings. The Morgan fingerprint density at radius 3 is 2.48 bits per heavy atom. The molecule has 0 aromatic heterocycles. The van der Waals surface area contributed by atoms with Gasteiger partial charge in [-0.3, -0.25) is 0 Å². The number of rotatable bonds is 7. The summed E-state index contributed by atoms with van der Waals surface area (Å²) in [5.74, 6) is 1.86. The van der Waals surface area contributed by atoms with Crippen LogP contribution in [0.3, 0.4) is 0 Å². The normalized spacial score (nSPS) is 11.1. The molecule has 23 heavy (non-hydrogen) atoms. The maximum Gasteiger partial charge on any atom is 0.128 e. The Labute approximate surface area is 141 Å². The molecular formula is C18H20ClNO3. The highest BCUT2D eigenvalue weighted by Crippen LogP contribution is 2.26. The van der Waals surface area contributed by atoms with Crippen molar-refractivity contribution in [2.24, 2.45) is 5.16 Å². The van der Waals surface area contributed by atoms with Gasteiger partial charge in [-0.2, -0.15) is 0 Å². The second-order valence-electron chi connectivity index (χ2n) is 5.32. The molecule has 0 aliphatic carbocycles. The van der Waals surface area contributed by atoms with Crippen molar-refractivity contribution in [3.63, 3.8) is 0 Å². The highest BCUT2D eigenvalue weighted by molar-refractivity contribution is 6.30. The third-order valence-electron chi connectivity index (χ3n) is 3.31. The molecule has 1 N–H and O–H groups in total. The number of nitrogens with zero attached hydrogens (tertiary/aromatic N) is 1. The summed E-state index contributed by atoms with van der Waals surface area (Å²) in [6, 6.07) is 13.1. The van der Waals surface area contributed by atoms with Gasteiger partial charge >= 0.3 is 0 Å². The molecule has 0 bridgehead atoms. The lowest BCUT2D eigenvalue weighted by Gasteiger charge is -2.14. The summed E-state index contributed by atoms with van der Waals surface area (Å²) in [4.78, 5) is 0. The zero-order chi connectivity index (χ0) is 16.7. The van der Waals surface area contributed by atoms with Gasteiger partial charge in [0, 0.05) is 10.6 Å². The van der Waals surface area contributed by atoms with Crippen LogP contribution in [-0.2, 0) is 0 Å². The zero-order valence-corrected chi connectivity index (χ0v) is 14.0. The average molecular weight is 334 g/mol. The average Bonchev–Trinajstić information content (AvgIpc) is 2.54. The molecule has 0 aliphatic heterocycles. The summed E-state index contributed by atoms with van der Waals surface area (Å²) < 4.78 is 11.5. The van der Waals surface area contributed by atoms with Crippen LogP contribution in [0, 0.1) is 0 Å². The van der Waals surface area contributed by atoms with E-state index in [-0.39, 0.29) is 0 Å². The first-order valence-corrected chi connectivity index (χ1v) is 7.81. The van der Waals surface area contributed by atoms with E-state index >= 15 is 0 Å². The maximum absolute atomic E-state index is 8.68. The fourth-order valence-corrected chi connectivity index (χ4v) is 2.39. The van der Waals surface area contributed by atoms with Crippen LogP contribution in [-0.4, -0.2) is 24.6 Å². The van der Waals surface area contributed by atoms with E-state index in [2.05, 4.69) is 25.1 Å². The first-order chi connectivity index (χ1) is 11.1. The van der Waals surface area contributed by atoms with Gasteiger partial charge in [-0.15, -0.1) is 0 Å². The Kier molecular flexibility index (Phi) is 6.29. The second kappa shape index (κ2) is 8.44. The van der Waals surface area contributed by atoms with Gasteiger partial charge < -0.3 is 14.7 Å². The molecule has 0 amide bonds. The molecule has 0 aliphatic rings.